The maximum absolute atomic E-state index is 11.7. The van der Waals surface area contributed by atoms with Crippen molar-refractivity contribution >= 4 is 18.7 Å². The Morgan fingerprint density at radius 2 is 0.793 bits per heavy atom. The summed E-state index contributed by atoms with van der Waals surface area (Å²) in [6, 6.07) is 0. The van der Waals surface area contributed by atoms with Gasteiger partial charge in [-0.05, 0) is 40.0 Å². The van der Waals surface area contributed by atoms with Gasteiger partial charge < -0.3 is 69.1 Å². The van der Waals surface area contributed by atoms with Crippen molar-refractivity contribution in [1.29, 1.82) is 0 Å². The number of nitrogens with two attached hydrogens (primary N) is 1. The third kappa shape index (κ3) is 65.8. The Bertz CT molecular complexity index is 800. The molecule has 0 aliphatic carbocycles. The van der Waals surface area contributed by atoms with E-state index in [4.69, 9.17) is 53.1 Å². The Morgan fingerprint density at radius 1 is 0.483 bits per heavy atom. The number of hydrogen-bond acceptors (Lipinski definition) is 14. The standard InChI is InChI=1S/C28H57N3O11.C8H17NO.C5H12O/c29-6-9-34-11-13-36-15-17-38-19-21-40-23-25-42-26-24-41-22-20-39-18-16-37-14-12-35-10-8-31-28(33)5-3-1-2-4-7-30-27-32;1-2-3-4-5-6-7-9-8-10;1-5(2,3)6-4/h27H,1-26,29H2,(H,30,32)(H,31,33);8H,2-7H2,1H3,(H,9,10);1-4H3. The molecule has 0 heterocycles. The fourth-order valence-electron chi connectivity index (χ4n) is 4.11. The summed E-state index contributed by atoms with van der Waals surface area (Å²) in [4.78, 5) is 31.7. The molecule has 0 saturated carbocycles. The first-order valence-corrected chi connectivity index (χ1v) is 21.3. The highest BCUT2D eigenvalue weighted by Gasteiger charge is 2.04. The van der Waals surface area contributed by atoms with E-state index in [2.05, 4.69) is 22.9 Å². The number of hydrogen-bond donors (Lipinski definition) is 4. The van der Waals surface area contributed by atoms with Crippen LogP contribution in [0.1, 0.15) is 91.9 Å². The van der Waals surface area contributed by atoms with Gasteiger partial charge in [-0.15, -0.1) is 0 Å². The molecule has 3 amide bonds. The number of ether oxygens (including phenoxy) is 10. The Morgan fingerprint density at radius 3 is 1.10 bits per heavy atom. The van der Waals surface area contributed by atoms with Gasteiger partial charge in [-0.2, -0.15) is 0 Å². The van der Waals surface area contributed by atoms with Gasteiger partial charge in [0.2, 0.25) is 18.7 Å². The van der Waals surface area contributed by atoms with Crippen LogP contribution in [0, 0.1) is 0 Å². The Kier molecular flexibility index (Phi) is 57.1. The topological polar surface area (TPSA) is 206 Å². The molecule has 5 N–H and O–H groups in total. The zero-order valence-electron chi connectivity index (χ0n) is 37.2. The molecule has 348 valence electrons. The number of nitrogens with one attached hydrogen (secondary N) is 3. The van der Waals surface area contributed by atoms with E-state index >= 15 is 0 Å². The first-order valence-electron chi connectivity index (χ1n) is 21.3. The van der Waals surface area contributed by atoms with Gasteiger partial charge in [0.15, 0.2) is 0 Å². The molecule has 0 rings (SSSR count). The van der Waals surface area contributed by atoms with Crippen molar-refractivity contribution in [2.75, 3.05) is 152 Å². The second-order valence-electron chi connectivity index (χ2n) is 13.7. The summed E-state index contributed by atoms with van der Waals surface area (Å²) in [6.45, 7) is 19.9. The van der Waals surface area contributed by atoms with Crippen molar-refractivity contribution in [3.63, 3.8) is 0 Å². The van der Waals surface area contributed by atoms with Gasteiger partial charge in [-0.1, -0.05) is 45.4 Å². The molecule has 0 unspecified atom stereocenters. The third-order valence-corrected chi connectivity index (χ3v) is 7.49. The van der Waals surface area contributed by atoms with Crippen LogP contribution in [0.2, 0.25) is 0 Å². The van der Waals surface area contributed by atoms with E-state index in [0.717, 1.165) is 45.1 Å². The zero-order valence-corrected chi connectivity index (χ0v) is 37.2. The predicted octanol–water partition coefficient (Wildman–Crippen LogP) is 3.04. The van der Waals surface area contributed by atoms with E-state index in [1.165, 1.54) is 25.7 Å². The highest BCUT2D eigenvalue weighted by Crippen LogP contribution is 2.03. The molecule has 17 nitrogen and oxygen atoms in total. The van der Waals surface area contributed by atoms with Crippen molar-refractivity contribution in [1.82, 2.24) is 16.0 Å². The van der Waals surface area contributed by atoms with Crippen molar-refractivity contribution in [3.8, 4) is 0 Å². The van der Waals surface area contributed by atoms with Gasteiger partial charge >= 0.3 is 0 Å². The molecule has 0 aromatic heterocycles. The van der Waals surface area contributed by atoms with E-state index in [-0.39, 0.29) is 11.5 Å². The second kappa shape index (κ2) is 55.0. The van der Waals surface area contributed by atoms with Crippen molar-refractivity contribution in [3.05, 3.63) is 0 Å². The Balaban J connectivity index is -0.00000157. The minimum Gasteiger partial charge on any atom is -0.379 e. The van der Waals surface area contributed by atoms with Gasteiger partial charge in [-0.25, -0.2) is 0 Å². The molecule has 0 saturated heterocycles. The van der Waals surface area contributed by atoms with E-state index in [1.54, 1.807) is 7.11 Å². The van der Waals surface area contributed by atoms with Gasteiger partial charge in [-0.3, -0.25) is 14.4 Å². The van der Waals surface area contributed by atoms with Crippen molar-refractivity contribution in [2.45, 2.75) is 97.5 Å². The molecule has 0 aromatic rings. The molecule has 0 bridgehead atoms. The van der Waals surface area contributed by atoms with E-state index in [1.807, 2.05) is 20.8 Å². The van der Waals surface area contributed by atoms with Gasteiger partial charge in [0.1, 0.15) is 0 Å². The molecule has 0 atom stereocenters. The molecule has 58 heavy (non-hydrogen) atoms. The van der Waals surface area contributed by atoms with Crippen LogP contribution >= 0.6 is 0 Å². The molecule has 0 aliphatic heterocycles. The molecule has 0 aliphatic rings. The fourth-order valence-corrected chi connectivity index (χ4v) is 4.11. The maximum atomic E-state index is 11.7. The van der Waals surface area contributed by atoms with Crippen LogP contribution in [0.3, 0.4) is 0 Å². The number of amides is 3. The lowest BCUT2D eigenvalue weighted by Gasteiger charge is -2.14. The summed E-state index contributed by atoms with van der Waals surface area (Å²) < 4.78 is 53.6. The summed E-state index contributed by atoms with van der Waals surface area (Å²) >= 11 is 0. The zero-order chi connectivity index (χ0) is 43.3. The van der Waals surface area contributed by atoms with Crippen LogP contribution in [0.25, 0.3) is 0 Å². The van der Waals surface area contributed by atoms with Gasteiger partial charge in [0.05, 0.1) is 125 Å². The number of unbranched alkanes of at least 4 members (excludes halogenated alkanes) is 7. The first kappa shape index (κ1) is 60.3. The highest BCUT2D eigenvalue weighted by atomic mass is 16.6. The average Bonchev–Trinajstić information content (AvgIpc) is 3.21. The predicted molar refractivity (Wildman–Crippen MR) is 226 cm³/mol. The molecule has 0 fully saturated rings. The minimum absolute atomic E-state index is 0.0391. The molecule has 0 spiro atoms. The molecule has 0 radical (unpaired) electrons. The largest absolute Gasteiger partial charge is 0.379 e. The molecular weight excluding hydrogens is 756 g/mol. The second-order valence-corrected chi connectivity index (χ2v) is 13.7. The summed E-state index contributed by atoms with van der Waals surface area (Å²) in [5, 5.41) is 8.12. The van der Waals surface area contributed by atoms with Crippen LogP contribution in [0.5, 0.6) is 0 Å². The third-order valence-electron chi connectivity index (χ3n) is 7.49. The van der Waals surface area contributed by atoms with E-state index in [9.17, 15) is 14.4 Å². The smallest absolute Gasteiger partial charge is 0.220 e. The molecule has 0 aromatic carbocycles. The van der Waals surface area contributed by atoms with Crippen LogP contribution in [-0.4, -0.2) is 177 Å². The summed E-state index contributed by atoms with van der Waals surface area (Å²) in [5.74, 6) is 0.0391. The Hall–Kier alpha value is -2.03. The summed E-state index contributed by atoms with van der Waals surface area (Å²) in [7, 11) is 1.71. The number of carbonyl (C=O) groups is 3. The minimum atomic E-state index is 0.0391. The normalized spacial score (nSPS) is 10.9. The first-order chi connectivity index (χ1) is 28.3. The fraction of sp³-hybridized carbons (Fsp3) is 0.927. The van der Waals surface area contributed by atoms with E-state index in [0.29, 0.717) is 151 Å². The van der Waals surface area contributed by atoms with Gasteiger partial charge in [0, 0.05) is 39.7 Å². The van der Waals surface area contributed by atoms with Crippen molar-refractivity contribution < 1.29 is 61.8 Å². The van der Waals surface area contributed by atoms with Gasteiger partial charge in [0.25, 0.3) is 0 Å². The molecular formula is C41H86N4O13. The van der Waals surface area contributed by atoms with Crippen LogP contribution < -0.4 is 21.7 Å². The lowest BCUT2D eigenvalue weighted by molar-refractivity contribution is -0.121. The van der Waals surface area contributed by atoms with E-state index < -0.39 is 0 Å². The maximum Gasteiger partial charge on any atom is 0.220 e. The lowest BCUT2D eigenvalue weighted by atomic mass is 10.1. The van der Waals surface area contributed by atoms with Crippen LogP contribution in [-0.2, 0) is 61.8 Å². The SMILES string of the molecule is CCCCCCCNC=O.COC(C)(C)C.NCCOCCOCCOCCOCCOCCOCCOCCOCCOCCNC(=O)CCCCCCNC=O. The number of methoxy groups -OCH3 is 1. The van der Waals surface area contributed by atoms with Crippen molar-refractivity contribution in [2.24, 2.45) is 5.73 Å². The lowest BCUT2D eigenvalue weighted by Crippen LogP contribution is -2.27. The van der Waals surface area contributed by atoms with Crippen LogP contribution in [0.4, 0.5) is 0 Å². The Labute approximate surface area is 351 Å². The van der Waals surface area contributed by atoms with Crippen LogP contribution in [0.15, 0.2) is 0 Å². The molecule has 17 heteroatoms. The quantitative estimate of drug-likeness (QED) is 0.0515. The average molecular weight is 843 g/mol. The summed E-state index contributed by atoms with van der Waals surface area (Å²) in [5.41, 5.74) is 5.36. The highest BCUT2D eigenvalue weighted by molar-refractivity contribution is 5.75. The number of carbonyl (C=O) groups excluding carboxylic acids is 3. The number of rotatable bonds is 44. The summed E-state index contributed by atoms with van der Waals surface area (Å²) in [6.07, 6.45) is 12.0. The monoisotopic (exact) mass is 843 g/mol.